The van der Waals surface area contributed by atoms with Gasteiger partial charge in [0.1, 0.15) is 11.4 Å². The van der Waals surface area contributed by atoms with Gasteiger partial charge < -0.3 is 4.57 Å². The van der Waals surface area contributed by atoms with E-state index in [0.29, 0.717) is 12.2 Å². The fraction of sp³-hybridized carbons (Fsp3) is 0.143. The summed E-state index contributed by atoms with van der Waals surface area (Å²) in [6, 6.07) is 8.58. The Morgan fingerprint density at radius 1 is 1.25 bits per heavy atom. The van der Waals surface area contributed by atoms with Gasteiger partial charge in [-0.15, -0.1) is 0 Å². The molecule has 104 valence electrons. The number of hydrogen-bond acceptors (Lipinski definition) is 3. The molecule has 0 radical (unpaired) electrons. The smallest absolute Gasteiger partial charge is 0.275 e. The van der Waals surface area contributed by atoms with Crippen LogP contribution in [0.25, 0.3) is 0 Å². The molecular formula is C14H14FN3O2. The number of pyridine rings is 1. The van der Waals surface area contributed by atoms with Crippen LogP contribution in [0.2, 0.25) is 0 Å². The van der Waals surface area contributed by atoms with Crippen LogP contribution in [0.3, 0.4) is 0 Å². The Bertz CT molecular complexity index is 665. The van der Waals surface area contributed by atoms with Crippen molar-refractivity contribution in [1.29, 1.82) is 0 Å². The number of aryl methyl sites for hydroxylation is 1. The fourth-order valence-electron chi connectivity index (χ4n) is 1.69. The van der Waals surface area contributed by atoms with E-state index in [1.165, 1.54) is 34.9 Å². The lowest BCUT2D eigenvalue weighted by atomic mass is 10.2. The molecule has 2 N–H and O–H groups in total. The lowest BCUT2D eigenvalue weighted by molar-refractivity contribution is 0.0960. The molecule has 6 heteroatoms. The van der Waals surface area contributed by atoms with Crippen LogP contribution in [0.1, 0.15) is 17.3 Å². The highest BCUT2D eigenvalue weighted by Gasteiger charge is 2.11. The summed E-state index contributed by atoms with van der Waals surface area (Å²) in [5.74, 6) is -0.905. The van der Waals surface area contributed by atoms with Crippen LogP contribution in [0, 0.1) is 5.82 Å². The van der Waals surface area contributed by atoms with Gasteiger partial charge in [-0.3, -0.25) is 20.4 Å². The Kier molecular flexibility index (Phi) is 4.14. The summed E-state index contributed by atoms with van der Waals surface area (Å²) in [6.07, 6.45) is 1.62. The first-order valence-corrected chi connectivity index (χ1v) is 6.13. The maximum atomic E-state index is 12.7. The van der Waals surface area contributed by atoms with Gasteiger partial charge in [-0.1, -0.05) is 0 Å². The molecule has 1 aromatic carbocycles. The number of nitrogens with one attached hydrogen (secondary N) is 2. The first-order valence-electron chi connectivity index (χ1n) is 6.13. The molecule has 0 spiro atoms. The van der Waals surface area contributed by atoms with Gasteiger partial charge in [0.15, 0.2) is 0 Å². The standard InChI is InChI=1S/C14H14FN3O2/c1-2-18-9-3-4-12(14(18)20)13(19)17-16-11-7-5-10(15)6-8-11/h3-9,16H,2H2,1H3,(H,17,19). The third-order valence-corrected chi connectivity index (χ3v) is 2.77. The highest BCUT2D eigenvalue weighted by molar-refractivity contribution is 5.94. The van der Waals surface area contributed by atoms with Crippen LogP contribution in [0.4, 0.5) is 10.1 Å². The lowest BCUT2D eigenvalue weighted by Gasteiger charge is -2.09. The molecule has 5 nitrogen and oxygen atoms in total. The molecule has 20 heavy (non-hydrogen) atoms. The van der Waals surface area contributed by atoms with Gasteiger partial charge in [-0.25, -0.2) is 4.39 Å². The minimum Gasteiger partial charge on any atom is -0.315 e. The molecule has 0 aliphatic carbocycles. The molecule has 0 atom stereocenters. The molecule has 1 amide bonds. The minimum absolute atomic E-state index is 0.0453. The number of amides is 1. The quantitative estimate of drug-likeness (QED) is 0.836. The van der Waals surface area contributed by atoms with E-state index in [1.54, 1.807) is 12.3 Å². The largest absolute Gasteiger partial charge is 0.315 e. The molecule has 0 fully saturated rings. The number of halogens is 1. The molecule has 2 aromatic rings. The van der Waals surface area contributed by atoms with Crippen LogP contribution in [-0.2, 0) is 6.54 Å². The number of nitrogens with zero attached hydrogens (tertiary/aromatic N) is 1. The van der Waals surface area contributed by atoms with Gasteiger partial charge in [0, 0.05) is 12.7 Å². The van der Waals surface area contributed by atoms with Crippen LogP contribution >= 0.6 is 0 Å². The van der Waals surface area contributed by atoms with Crippen LogP contribution < -0.4 is 16.4 Å². The van der Waals surface area contributed by atoms with Crippen molar-refractivity contribution in [3.63, 3.8) is 0 Å². The Hall–Kier alpha value is -2.63. The third kappa shape index (κ3) is 3.03. The summed E-state index contributed by atoms with van der Waals surface area (Å²) in [6.45, 7) is 2.31. The number of rotatable bonds is 4. The number of aromatic nitrogens is 1. The molecule has 0 saturated heterocycles. The van der Waals surface area contributed by atoms with E-state index in [0.717, 1.165) is 0 Å². The zero-order valence-electron chi connectivity index (χ0n) is 10.9. The summed E-state index contributed by atoms with van der Waals surface area (Å²) >= 11 is 0. The topological polar surface area (TPSA) is 63.1 Å². The Morgan fingerprint density at radius 3 is 2.60 bits per heavy atom. The molecule has 1 aromatic heterocycles. The molecule has 0 aliphatic rings. The van der Waals surface area contributed by atoms with Crippen molar-refractivity contribution in [2.24, 2.45) is 0 Å². The predicted molar refractivity (Wildman–Crippen MR) is 73.9 cm³/mol. The number of hydrogen-bond donors (Lipinski definition) is 2. The van der Waals surface area contributed by atoms with E-state index < -0.39 is 5.91 Å². The average molecular weight is 275 g/mol. The van der Waals surface area contributed by atoms with Crippen LogP contribution in [0.5, 0.6) is 0 Å². The van der Waals surface area contributed by atoms with Gasteiger partial charge in [-0.05, 0) is 43.3 Å². The number of carbonyl (C=O) groups excluding carboxylic acids is 1. The number of carbonyl (C=O) groups is 1. The minimum atomic E-state index is -0.540. The number of anilines is 1. The molecule has 0 unspecified atom stereocenters. The van der Waals surface area contributed by atoms with E-state index in [4.69, 9.17) is 0 Å². The first kappa shape index (κ1) is 13.8. The molecule has 1 heterocycles. The predicted octanol–water partition coefficient (Wildman–Crippen LogP) is 1.76. The normalized spacial score (nSPS) is 10.1. The second-order valence-electron chi connectivity index (χ2n) is 4.10. The van der Waals surface area contributed by atoms with Crippen LogP contribution in [0.15, 0.2) is 47.4 Å². The summed E-state index contributed by atoms with van der Waals surface area (Å²) < 4.78 is 14.2. The summed E-state index contributed by atoms with van der Waals surface area (Å²) in [7, 11) is 0. The summed E-state index contributed by atoms with van der Waals surface area (Å²) in [4.78, 5) is 23.8. The zero-order chi connectivity index (χ0) is 14.5. The molecular weight excluding hydrogens is 261 g/mol. The SMILES string of the molecule is CCn1cccc(C(=O)NNc2ccc(F)cc2)c1=O. The monoisotopic (exact) mass is 275 g/mol. The second kappa shape index (κ2) is 6.01. The Labute approximate surface area is 115 Å². The maximum Gasteiger partial charge on any atom is 0.275 e. The number of hydrazine groups is 1. The van der Waals surface area contributed by atoms with Gasteiger partial charge in [-0.2, -0.15) is 0 Å². The zero-order valence-corrected chi connectivity index (χ0v) is 10.9. The van der Waals surface area contributed by atoms with Crippen molar-refractivity contribution in [2.75, 3.05) is 5.43 Å². The second-order valence-corrected chi connectivity index (χ2v) is 4.10. The molecule has 0 aliphatic heterocycles. The van der Waals surface area contributed by atoms with E-state index in [-0.39, 0.29) is 16.9 Å². The van der Waals surface area contributed by atoms with E-state index in [1.807, 2.05) is 6.92 Å². The highest BCUT2D eigenvalue weighted by Crippen LogP contribution is 2.06. The van der Waals surface area contributed by atoms with E-state index in [2.05, 4.69) is 10.9 Å². The van der Waals surface area contributed by atoms with Crippen molar-refractivity contribution in [2.45, 2.75) is 13.5 Å². The van der Waals surface area contributed by atoms with Crippen molar-refractivity contribution in [3.05, 3.63) is 64.3 Å². The molecule has 2 rings (SSSR count). The van der Waals surface area contributed by atoms with Crippen molar-refractivity contribution in [3.8, 4) is 0 Å². The van der Waals surface area contributed by atoms with E-state index in [9.17, 15) is 14.0 Å². The van der Waals surface area contributed by atoms with Crippen molar-refractivity contribution >= 4 is 11.6 Å². The summed E-state index contributed by atoms with van der Waals surface area (Å²) in [5, 5.41) is 0. The maximum absolute atomic E-state index is 12.7. The molecule has 0 bridgehead atoms. The van der Waals surface area contributed by atoms with Crippen molar-refractivity contribution in [1.82, 2.24) is 9.99 Å². The molecule has 0 saturated carbocycles. The average Bonchev–Trinajstić information content (AvgIpc) is 2.46. The van der Waals surface area contributed by atoms with E-state index >= 15 is 0 Å². The highest BCUT2D eigenvalue weighted by atomic mass is 19.1. The lowest BCUT2D eigenvalue weighted by Crippen LogP contribution is -2.35. The first-order chi connectivity index (χ1) is 9.61. The Morgan fingerprint density at radius 2 is 1.95 bits per heavy atom. The van der Waals surface area contributed by atoms with Gasteiger partial charge in [0.2, 0.25) is 0 Å². The van der Waals surface area contributed by atoms with Crippen LogP contribution in [-0.4, -0.2) is 10.5 Å². The van der Waals surface area contributed by atoms with Gasteiger partial charge in [0.05, 0.1) is 5.69 Å². The fourth-order valence-corrected chi connectivity index (χ4v) is 1.69. The Balaban J connectivity index is 2.09. The third-order valence-electron chi connectivity index (χ3n) is 2.77. The summed E-state index contributed by atoms with van der Waals surface area (Å²) in [5.41, 5.74) is 5.23. The van der Waals surface area contributed by atoms with Gasteiger partial charge >= 0.3 is 0 Å². The van der Waals surface area contributed by atoms with Crippen molar-refractivity contribution < 1.29 is 9.18 Å². The number of benzene rings is 1. The van der Waals surface area contributed by atoms with Gasteiger partial charge in [0.25, 0.3) is 11.5 Å².